The second-order valence-corrected chi connectivity index (χ2v) is 5.45. The van der Waals surface area contributed by atoms with E-state index < -0.39 is 4.92 Å². The molecule has 0 heterocycles. The molecule has 6 nitrogen and oxygen atoms in total. The zero-order valence-corrected chi connectivity index (χ0v) is 13.4. The average Bonchev–Trinajstić information content (AvgIpc) is 2.53. The van der Waals surface area contributed by atoms with E-state index >= 15 is 0 Å². The predicted molar refractivity (Wildman–Crippen MR) is 90.4 cm³/mol. The molecule has 23 heavy (non-hydrogen) atoms. The number of non-ortho nitro benzene ring substituents is 1. The van der Waals surface area contributed by atoms with Crippen molar-refractivity contribution in [3.63, 3.8) is 0 Å². The van der Waals surface area contributed by atoms with Crippen molar-refractivity contribution < 1.29 is 9.72 Å². The Hall–Kier alpha value is -2.31. The third-order valence-corrected chi connectivity index (χ3v) is 3.56. The first kappa shape index (κ1) is 17.1. The fourth-order valence-corrected chi connectivity index (χ4v) is 2.21. The number of nitrogens with zero attached hydrogens (tertiary/aromatic N) is 1. The van der Waals surface area contributed by atoms with Crippen LogP contribution >= 0.6 is 23.2 Å². The summed E-state index contributed by atoms with van der Waals surface area (Å²) in [5.41, 5.74) is 1.01. The highest BCUT2D eigenvalue weighted by Crippen LogP contribution is 2.26. The minimum absolute atomic E-state index is 0.0726. The number of anilines is 1. The number of halogens is 2. The lowest BCUT2D eigenvalue weighted by molar-refractivity contribution is -0.384. The zero-order chi connectivity index (χ0) is 16.8. The first-order valence-electron chi connectivity index (χ1n) is 6.69. The van der Waals surface area contributed by atoms with Gasteiger partial charge in [0.05, 0.1) is 15.6 Å². The molecule has 2 aromatic rings. The summed E-state index contributed by atoms with van der Waals surface area (Å²) in [5.74, 6) is -0.210. The lowest BCUT2D eigenvalue weighted by Gasteiger charge is -2.09. The van der Waals surface area contributed by atoms with E-state index in [0.717, 1.165) is 0 Å². The molecule has 1 amide bonds. The van der Waals surface area contributed by atoms with E-state index in [0.29, 0.717) is 29.4 Å². The van der Waals surface area contributed by atoms with Gasteiger partial charge in [0.1, 0.15) is 0 Å². The second kappa shape index (κ2) is 7.80. The number of rotatable bonds is 6. The van der Waals surface area contributed by atoms with Crippen molar-refractivity contribution in [1.29, 1.82) is 0 Å². The smallest absolute Gasteiger partial charge is 0.271 e. The fourth-order valence-electron chi connectivity index (χ4n) is 1.84. The molecule has 0 saturated heterocycles. The van der Waals surface area contributed by atoms with Crippen molar-refractivity contribution in [2.24, 2.45) is 0 Å². The van der Waals surface area contributed by atoms with Gasteiger partial charge in [-0.05, 0) is 30.3 Å². The molecule has 2 N–H and O–H groups in total. The van der Waals surface area contributed by atoms with E-state index in [1.54, 1.807) is 24.3 Å². The minimum atomic E-state index is -0.512. The molecular formula is C15H13Cl2N3O3. The Morgan fingerprint density at radius 3 is 2.39 bits per heavy atom. The first-order valence-corrected chi connectivity index (χ1v) is 7.44. The van der Waals surface area contributed by atoms with E-state index in [-0.39, 0.29) is 16.6 Å². The summed E-state index contributed by atoms with van der Waals surface area (Å²) in [7, 11) is 0. The summed E-state index contributed by atoms with van der Waals surface area (Å²) in [4.78, 5) is 22.0. The standard InChI is InChI=1S/C15H13Cl2N3O3/c16-11-3-1-10(2-4-11)15(21)19-8-7-18-14-6-5-12(20(22)23)9-13(14)17/h1-6,9,18H,7-8H2,(H,19,21). The summed E-state index contributed by atoms with van der Waals surface area (Å²) in [6, 6.07) is 10.7. The molecule has 0 aromatic heterocycles. The van der Waals surface area contributed by atoms with E-state index in [4.69, 9.17) is 23.2 Å². The van der Waals surface area contributed by atoms with Gasteiger partial charge in [-0.15, -0.1) is 0 Å². The third-order valence-electron chi connectivity index (χ3n) is 3.00. The summed E-state index contributed by atoms with van der Waals surface area (Å²) < 4.78 is 0. The van der Waals surface area contributed by atoms with Crippen LogP contribution in [0, 0.1) is 10.1 Å². The molecule has 0 aliphatic heterocycles. The molecule has 0 unspecified atom stereocenters. The summed E-state index contributed by atoms with van der Waals surface area (Å²) in [5, 5.41) is 17.2. The highest BCUT2D eigenvalue weighted by Gasteiger charge is 2.09. The molecule has 2 rings (SSSR count). The maximum Gasteiger partial charge on any atom is 0.271 e. The lowest BCUT2D eigenvalue weighted by atomic mass is 10.2. The van der Waals surface area contributed by atoms with Gasteiger partial charge in [-0.3, -0.25) is 14.9 Å². The average molecular weight is 354 g/mol. The highest BCUT2D eigenvalue weighted by molar-refractivity contribution is 6.33. The molecular weight excluding hydrogens is 341 g/mol. The lowest BCUT2D eigenvalue weighted by Crippen LogP contribution is -2.28. The molecule has 8 heteroatoms. The number of hydrogen-bond acceptors (Lipinski definition) is 4. The van der Waals surface area contributed by atoms with Crippen LogP contribution in [-0.4, -0.2) is 23.9 Å². The number of benzene rings is 2. The minimum Gasteiger partial charge on any atom is -0.382 e. The first-order chi connectivity index (χ1) is 11.0. The summed E-state index contributed by atoms with van der Waals surface area (Å²) >= 11 is 11.7. The van der Waals surface area contributed by atoms with Crippen LogP contribution < -0.4 is 10.6 Å². The number of amides is 1. The van der Waals surface area contributed by atoms with Gasteiger partial charge in [0.25, 0.3) is 11.6 Å². The molecule has 0 atom stereocenters. The van der Waals surface area contributed by atoms with Crippen LogP contribution in [0.3, 0.4) is 0 Å². The molecule has 2 aromatic carbocycles. The van der Waals surface area contributed by atoms with Crippen LogP contribution in [0.4, 0.5) is 11.4 Å². The molecule has 120 valence electrons. The van der Waals surface area contributed by atoms with Gasteiger partial charge in [-0.2, -0.15) is 0 Å². The molecule has 0 bridgehead atoms. The number of hydrogen-bond donors (Lipinski definition) is 2. The van der Waals surface area contributed by atoms with E-state index in [9.17, 15) is 14.9 Å². The van der Waals surface area contributed by atoms with Gasteiger partial charge < -0.3 is 10.6 Å². The van der Waals surface area contributed by atoms with Crippen molar-refractivity contribution in [3.8, 4) is 0 Å². The van der Waals surface area contributed by atoms with Crippen molar-refractivity contribution in [2.45, 2.75) is 0 Å². The van der Waals surface area contributed by atoms with E-state index in [1.165, 1.54) is 18.2 Å². The second-order valence-electron chi connectivity index (χ2n) is 4.61. The fraction of sp³-hybridized carbons (Fsp3) is 0.133. The van der Waals surface area contributed by atoms with Crippen LogP contribution in [0.1, 0.15) is 10.4 Å². The topological polar surface area (TPSA) is 84.3 Å². The van der Waals surface area contributed by atoms with Crippen LogP contribution in [-0.2, 0) is 0 Å². The monoisotopic (exact) mass is 353 g/mol. The van der Waals surface area contributed by atoms with Crippen molar-refractivity contribution in [1.82, 2.24) is 5.32 Å². The van der Waals surface area contributed by atoms with Gasteiger partial charge in [0.15, 0.2) is 0 Å². The van der Waals surface area contributed by atoms with Gasteiger partial charge >= 0.3 is 0 Å². The van der Waals surface area contributed by atoms with Gasteiger partial charge in [-0.25, -0.2) is 0 Å². The Balaban J connectivity index is 1.82. The maximum absolute atomic E-state index is 11.9. The number of nitrogens with one attached hydrogen (secondary N) is 2. The van der Waals surface area contributed by atoms with Crippen molar-refractivity contribution >= 4 is 40.5 Å². The quantitative estimate of drug-likeness (QED) is 0.470. The molecule has 0 spiro atoms. The SMILES string of the molecule is O=C(NCCNc1ccc([N+](=O)[O-])cc1Cl)c1ccc(Cl)cc1. The molecule has 0 aliphatic carbocycles. The summed E-state index contributed by atoms with van der Waals surface area (Å²) in [6.07, 6.45) is 0. The van der Waals surface area contributed by atoms with Crippen molar-refractivity contribution in [2.75, 3.05) is 18.4 Å². The molecule has 0 radical (unpaired) electrons. The van der Waals surface area contributed by atoms with Crippen LogP contribution in [0.2, 0.25) is 10.0 Å². The Morgan fingerprint density at radius 1 is 1.09 bits per heavy atom. The number of carbonyl (C=O) groups is 1. The van der Waals surface area contributed by atoms with Crippen LogP contribution in [0.5, 0.6) is 0 Å². The largest absolute Gasteiger partial charge is 0.382 e. The Morgan fingerprint density at radius 2 is 1.78 bits per heavy atom. The van der Waals surface area contributed by atoms with E-state index in [1.807, 2.05) is 0 Å². The summed E-state index contributed by atoms with van der Waals surface area (Å²) in [6.45, 7) is 0.797. The van der Waals surface area contributed by atoms with Gasteiger partial charge in [0.2, 0.25) is 0 Å². The Labute approximate surface area is 142 Å². The Bertz CT molecular complexity index is 720. The van der Waals surface area contributed by atoms with Crippen molar-refractivity contribution in [3.05, 3.63) is 68.2 Å². The maximum atomic E-state index is 11.9. The van der Waals surface area contributed by atoms with Gasteiger partial charge in [0, 0.05) is 35.8 Å². The predicted octanol–water partition coefficient (Wildman–Crippen LogP) is 3.74. The third kappa shape index (κ3) is 4.84. The highest BCUT2D eigenvalue weighted by atomic mass is 35.5. The zero-order valence-electron chi connectivity index (χ0n) is 11.9. The normalized spacial score (nSPS) is 10.2. The molecule has 0 aliphatic rings. The number of nitro benzene ring substituents is 1. The number of nitro groups is 1. The molecule has 0 fully saturated rings. The van der Waals surface area contributed by atoms with Crippen LogP contribution in [0.15, 0.2) is 42.5 Å². The van der Waals surface area contributed by atoms with E-state index in [2.05, 4.69) is 10.6 Å². The number of carbonyl (C=O) groups excluding carboxylic acids is 1. The molecule has 0 saturated carbocycles. The van der Waals surface area contributed by atoms with Gasteiger partial charge in [-0.1, -0.05) is 23.2 Å². The Kier molecular flexibility index (Phi) is 5.78. The van der Waals surface area contributed by atoms with Crippen LogP contribution in [0.25, 0.3) is 0 Å².